The van der Waals surface area contributed by atoms with Gasteiger partial charge in [-0.05, 0) is 0 Å². The summed E-state index contributed by atoms with van der Waals surface area (Å²) in [5.74, 6) is 1.05. The normalized spacial score (nSPS) is 16.2. The number of hydrogen-bond donors (Lipinski definition) is 0. The second-order valence-corrected chi connectivity index (χ2v) is 9.72. The average Bonchev–Trinajstić information content (AvgIpc) is 3.14. The van der Waals surface area contributed by atoms with E-state index in [1.807, 2.05) is 12.3 Å². The molecule has 1 saturated heterocycles. The molecule has 1 fully saturated rings. The monoisotopic (exact) mass is 405 g/mol. The van der Waals surface area contributed by atoms with Crippen LogP contribution in [0.15, 0.2) is 28.9 Å². The molecule has 0 amide bonds. The Hall–Kier alpha value is -0.360. The third-order valence-electron chi connectivity index (χ3n) is 2.81. The number of alkyl halides is 2. The van der Waals surface area contributed by atoms with Crippen molar-refractivity contribution in [3.63, 3.8) is 0 Å². The van der Waals surface area contributed by atoms with E-state index in [0.717, 1.165) is 22.2 Å². The molecule has 17 heavy (non-hydrogen) atoms. The summed E-state index contributed by atoms with van der Waals surface area (Å²) in [6, 6.07) is 6.15. The predicted octanol–water partition coefficient (Wildman–Crippen LogP) is 4.37. The Morgan fingerprint density at radius 3 is 2.88 bits per heavy atom. The van der Waals surface area contributed by atoms with Crippen LogP contribution in [0.25, 0.3) is 10.9 Å². The number of benzene rings is 1. The van der Waals surface area contributed by atoms with E-state index >= 15 is 0 Å². The molecule has 1 aliphatic rings. The van der Waals surface area contributed by atoms with Crippen molar-refractivity contribution in [2.75, 3.05) is 8.86 Å². The second kappa shape index (κ2) is 4.72. The first kappa shape index (κ1) is 11.7. The van der Waals surface area contributed by atoms with Crippen LogP contribution in [0.3, 0.4) is 0 Å². The Kier molecular flexibility index (Phi) is 3.25. The van der Waals surface area contributed by atoms with Crippen molar-refractivity contribution < 1.29 is 3.07 Å². The molecule has 2 aromatic rings. The van der Waals surface area contributed by atoms with Crippen molar-refractivity contribution in [1.29, 1.82) is 0 Å². The van der Waals surface area contributed by atoms with Crippen molar-refractivity contribution >= 4 is 47.1 Å². The average molecular weight is 406 g/mol. The molecule has 0 unspecified atom stereocenters. The minimum absolute atomic E-state index is 0.994. The van der Waals surface area contributed by atoms with Gasteiger partial charge in [-0.25, -0.2) is 0 Å². The van der Waals surface area contributed by atoms with Crippen molar-refractivity contribution in [3.8, 4) is 5.75 Å². The van der Waals surface area contributed by atoms with Gasteiger partial charge in [-0.2, -0.15) is 0 Å². The Bertz CT molecular complexity index is 569. The fourth-order valence-corrected chi connectivity index (χ4v) is 5.27. The SMILES string of the molecule is CCc1c(Br)ccc2nccc(OI3CC3)c12. The molecule has 2 nitrogen and oxygen atoms in total. The maximum absolute atomic E-state index is 6.13. The number of hydrogen-bond acceptors (Lipinski definition) is 2. The fourth-order valence-electron chi connectivity index (χ4n) is 1.89. The van der Waals surface area contributed by atoms with E-state index < -0.39 is 20.2 Å². The third kappa shape index (κ3) is 2.29. The van der Waals surface area contributed by atoms with Gasteiger partial charge in [0.2, 0.25) is 0 Å². The number of aromatic nitrogens is 1. The van der Waals surface area contributed by atoms with Gasteiger partial charge in [-0.3, -0.25) is 0 Å². The predicted molar refractivity (Wildman–Crippen MR) is 83.2 cm³/mol. The van der Waals surface area contributed by atoms with Crippen LogP contribution in [0.5, 0.6) is 5.75 Å². The van der Waals surface area contributed by atoms with Gasteiger partial charge in [0, 0.05) is 0 Å². The van der Waals surface area contributed by atoms with Crippen LogP contribution in [-0.4, -0.2) is 13.8 Å². The van der Waals surface area contributed by atoms with Crippen LogP contribution in [0, 0.1) is 0 Å². The van der Waals surface area contributed by atoms with E-state index in [0.29, 0.717) is 0 Å². The molecule has 1 aromatic carbocycles. The van der Waals surface area contributed by atoms with Gasteiger partial charge in [-0.1, -0.05) is 0 Å². The molecular formula is C13H13BrINO. The summed E-state index contributed by atoms with van der Waals surface area (Å²) in [5.41, 5.74) is 2.35. The van der Waals surface area contributed by atoms with Gasteiger partial charge in [0.1, 0.15) is 0 Å². The first-order chi connectivity index (χ1) is 8.29. The quantitative estimate of drug-likeness (QED) is 0.558. The van der Waals surface area contributed by atoms with E-state index in [-0.39, 0.29) is 0 Å². The first-order valence-electron chi connectivity index (χ1n) is 5.66. The summed E-state index contributed by atoms with van der Waals surface area (Å²) in [6.45, 7) is 2.17. The van der Waals surface area contributed by atoms with E-state index in [9.17, 15) is 0 Å². The number of aryl methyl sites for hydroxylation is 1. The number of halogens is 2. The zero-order chi connectivity index (χ0) is 11.8. The van der Waals surface area contributed by atoms with E-state index in [1.54, 1.807) is 0 Å². The van der Waals surface area contributed by atoms with Crippen LogP contribution < -0.4 is 3.07 Å². The number of nitrogens with zero attached hydrogens (tertiary/aromatic N) is 1. The van der Waals surface area contributed by atoms with Crippen molar-refractivity contribution in [2.45, 2.75) is 13.3 Å². The van der Waals surface area contributed by atoms with E-state index in [2.05, 4.69) is 40.0 Å². The van der Waals surface area contributed by atoms with E-state index in [1.165, 1.54) is 19.8 Å². The fraction of sp³-hybridized carbons (Fsp3) is 0.308. The molecule has 0 aliphatic carbocycles. The molecule has 0 bridgehead atoms. The van der Waals surface area contributed by atoms with Crippen LogP contribution in [0.4, 0.5) is 0 Å². The van der Waals surface area contributed by atoms with Gasteiger partial charge in [0.25, 0.3) is 0 Å². The first-order valence-corrected chi connectivity index (χ1v) is 10.4. The van der Waals surface area contributed by atoms with Crippen LogP contribution in [0.1, 0.15) is 12.5 Å². The van der Waals surface area contributed by atoms with Crippen LogP contribution >= 0.6 is 36.2 Å². The van der Waals surface area contributed by atoms with Gasteiger partial charge in [0.15, 0.2) is 0 Å². The molecule has 0 radical (unpaired) electrons. The molecule has 2 heterocycles. The maximum atomic E-state index is 6.13. The number of rotatable bonds is 3. The summed E-state index contributed by atoms with van der Waals surface area (Å²) >= 11 is 2.62. The van der Waals surface area contributed by atoms with Gasteiger partial charge in [-0.15, -0.1) is 0 Å². The molecular weight excluding hydrogens is 393 g/mol. The minimum atomic E-state index is -1.01. The van der Waals surface area contributed by atoms with Crippen LogP contribution in [-0.2, 0) is 6.42 Å². The van der Waals surface area contributed by atoms with Crippen LogP contribution in [0.2, 0.25) is 0 Å². The summed E-state index contributed by atoms with van der Waals surface area (Å²) in [6.07, 6.45) is 2.85. The Morgan fingerprint density at radius 2 is 2.18 bits per heavy atom. The van der Waals surface area contributed by atoms with Gasteiger partial charge < -0.3 is 0 Å². The Balaban J connectivity index is 2.22. The van der Waals surface area contributed by atoms with E-state index in [4.69, 9.17) is 3.07 Å². The molecule has 90 valence electrons. The topological polar surface area (TPSA) is 22.1 Å². The molecule has 0 atom stereocenters. The third-order valence-corrected chi connectivity index (χ3v) is 6.61. The zero-order valence-electron chi connectivity index (χ0n) is 9.54. The van der Waals surface area contributed by atoms with Crippen molar-refractivity contribution in [1.82, 2.24) is 4.98 Å². The molecule has 1 aliphatic heterocycles. The summed E-state index contributed by atoms with van der Waals surface area (Å²) < 4.78 is 9.96. The summed E-state index contributed by atoms with van der Waals surface area (Å²) in [7, 11) is 0. The number of fused-ring (bicyclic) bond motifs is 1. The molecule has 1 aromatic heterocycles. The molecule has 0 saturated carbocycles. The standard InChI is InChI=1S/C13H13BrINO/c1-2-9-10(14)3-4-11-13(9)12(5-8-16-11)17-15-6-7-15/h3-5,8H,2,6-7H2,1H3. The molecule has 0 spiro atoms. The second-order valence-electron chi connectivity index (χ2n) is 3.95. The zero-order valence-corrected chi connectivity index (χ0v) is 13.3. The Labute approximate surface area is 117 Å². The summed E-state index contributed by atoms with van der Waals surface area (Å²) in [5, 5.41) is 1.20. The van der Waals surface area contributed by atoms with Gasteiger partial charge >= 0.3 is 117 Å². The molecule has 0 N–H and O–H groups in total. The Morgan fingerprint density at radius 1 is 1.35 bits per heavy atom. The summed E-state index contributed by atoms with van der Waals surface area (Å²) in [4.78, 5) is 4.44. The van der Waals surface area contributed by atoms with Crippen molar-refractivity contribution in [3.05, 3.63) is 34.4 Å². The van der Waals surface area contributed by atoms with Crippen molar-refractivity contribution in [2.24, 2.45) is 0 Å². The van der Waals surface area contributed by atoms with Gasteiger partial charge in [0.05, 0.1) is 0 Å². The number of pyridine rings is 1. The molecule has 4 heteroatoms. The molecule has 3 rings (SSSR count).